The van der Waals surface area contributed by atoms with Crippen LogP contribution in [0.4, 0.5) is 13.2 Å². The normalized spacial score (nSPS) is 13.2. The first-order valence-corrected chi connectivity index (χ1v) is 10.2. The summed E-state index contributed by atoms with van der Waals surface area (Å²) in [5.74, 6) is -0.484. The zero-order valence-corrected chi connectivity index (χ0v) is 18.5. The standard InChI is InChI=1S/C22H26F3N3OS/c1-6-15(10-14(3)22(23,24)25)11-19-27-18(12-28(4)5)20(30-19)16-7-8-17(21(26)29)13(2)9-16/h6-10H,11-12H2,1-5H3,(H2,26,29)/b14-10+,15-6+. The van der Waals surface area contributed by atoms with Crippen LogP contribution in [0.25, 0.3) is 10.4 Å². The number of halogens is 3. The van der Waals surface area contributed by atoms with E-state index in [9.17, 15) is 18.0 Å². The zero-order valence-electron chi connectivity index (χ0n) is 17.7. The molecular formula is C22H26F3N3OS. The van der Waals surface area contributed by atoms with Gasteiger partial charge in [-0.3, -0.25) is 4.79 Å². The molecular weight excluding hydrogens is 411 g/mol. The van der Waals surface area contributed by atoms with E-state index in [1.165, 1.54) is 17.4 Å². The van der Waals surface area contributed by atoms with Crippen molar-refractivity contribution in [3.63, 3.8) is 0 Å². The summed E-state index contributed by atoms with van der Waals surface area (Å²) < 4.78 is 38.7. The van der Waals surface area contributed by atoms with Crippen molar-refractivity contribution in [1.82, 2.24) is 9.88 Å². The Morgan fingerprint density at radius 2 is 1.97 bits per heavy atom. The molecule has 0 bridgehead atoms. The van der Waals surface area contributed by atoms with Crippen LogP contribution in [0.15, 0.2) is 41.5 Å². The molecule has 162 valence electrons. The van der Waals surface area contributed by atoms with Gasteiger partial charge in [0.2, 0.25) is 5.91 Å². The van der Waals surface area contributed by atoms with Crippen molar-refractivity contribution in [2.24, 2.45) is 5.73 Å². The van der Waals surface area contributed by atoms with Crippen molar-refractivity contribution in [1.29, 1.82) is 0 Å². The number of nitrogens with zero attached hydrogens (tertiary/aromatic N) is 2. The lowest BCUT2D eigenvalue weighted by Crippen LogP contribution is -2.13. The number of carbonyl (C=O) groups is 1. The number of thiazole rings is 1. The van der Waals surface area contributed by atoms with Crippen molar-refractivity contribution in [3.05, 3.63) is 63.3 Å². The summed E-state index contributed by atoms with van der Waals surface area (Å²) >= 11 is 1.45. The molecule has 8 heteroatoms. The molecule has 0 saturated heterocycles. The molecule has 0 spiro atoms. The van der Waals surface area contributed by atoms with Crippen LogP contribution in [0.3, 0.4) is 0 Å². The quantitative estimate of drug-likeness (QED) is 0.600. The summed E-state index contributed by atoms with van der Waals surface area (Å²) in [6.07, 6.45) is -1.20. The van der Waals surface area contributed by atoms with Crippen LogP contribution < -0.4 is 5.73 Å². The van der Waals surface area contributed by atoms with E-state index in [4.69, 9.17) is 10.7 Å². The third-order valence-corrected chi connectivity index (χ3v) is 5.68. The van der Waals surface area contributed by atoms with Crippen molar-refractivity contribution < 1.29 is 18.0 Å². The minimum Gasteiger partial charge on any atom is -0.366 e. The van der Waals surface area contributed by atoms with E-state index in [1.54, 1.807) is 19.1 Å². The molecule has 0 aliphatic rings. The highest BCUT2D eigenvalue weighted by molar-refractivity contribution is 7.15. The van der Waals surface area contributed by atoms with Gasteiger partial charge in [-0.05, 0) is 63.7 Å². The van der Waals surface area contributed by atoms with E-state index in [0.717, 1.165) is 33.6 Å². The monoisotopic (exact) mass is 437 g/mol. The summed E-state index contributed by atoms with van der Waals surface area (Å²) in [5.41, 5.74) is 8.29. The smallest absolute Gasteiger partial charge is 0.366 e. The van der Waals surface area contributed by atoms with Crippen LogP contribution in [-0.4, -0.2) is 36.1 Å². The molecule has 2 N–H and O–H groups in total. The van der Waals surface area contributed by atoms with Crippen LogP contribution in [0, 0.1) is 6.92 Å². The van der Waals surface area contributed by atoms with Crippen LogP contribution in [0.2, 0.25) is 0 Å². The molecule has 30 heavy (non-hydrogen) atoms. The number of benzene rings is 1. The highest BCUT2D eigenvalue weighted by Crippen LogP contribution is 2.34. The average molecular weight is 438 g/mol. The number of aryl methyl sites for hydroxylation is 1. The van der Waals surface area contributed by atoms with Crippen molar-refractivity contribution >= 4 is 17.2 Å². The van der Waals surface area contributed by atoms with Gasteiger partial charge in [-0.15, -0.1) is 11.3 Å². The second-order valence-electron chi connectivity index (χ2n) is 7.38. The summed E-state index contributed by atoms with van der Waals surface area (Å²) in [5, 5.41) is 0.734. The van der Waals surface area contributed by atoms with Gasteiger partial charge in [-0.1, -0.05) is 18.2 Å². The predicted molar refractivity (Wildman–Crippen MR) is 115 cm³/mol. The van der Waals surface area contributed by atoms with Gasteiger partial charge in [0.15, 0.2) is 0 Å². The fourth-order valence-corrected chi connectivity index (χ4v) is 4.06. The Bertz CT molecular complexity index is 988. The number of allylic oxidation sites excluding steroid dienone is 4. The Hall–Kier alpha value is -2.45. The maximum atomic E-state index is 12.9. The number of aromatic nitrogens is 1. The fraction of sp³-hybridized carbons (Fsp3) is 0.364. The summed E-state index contributed by atoms with van der Waals surface area (Å²) in [4.78, 5) is 19.1. The maximum absolute atomic E-state index is 12.9. The van der Waals surface area contributed by atoms with Crippen molar-refractivity contribution in [2.45, 2.75) is 39.9 Å². The molecule has 0 aliphatic heterocycles. The fourth-order valence-electron chi connectivity index (χ4n) is 2.96. The van der Waals surface area contributed by atoms with Gasteiger partial charge in [0.25, 0.3) is 0 Å². The number of nitrogens with two attached hydrogens (primary N) is 1. The van der Waals surface area contributed by atoms with Gasteiger partial charge in [0.05, 0.1) is 15.6 Å². The van der Waals surface area contributed by atoms with E-state index in [1.807, 2.05) is 38.1 Å². The summed E-state index contributed by atoms with van der Waals surface area (Å²) in [6, 6.07) is 5.41. The number of rotatable bonds is 7. The molecule has 1 aromatic heterocycles. The second-order valence-corrected chi connectivity index (χ2v) is 8.46. The number of primary amides is 1. The maximum Gasteiger partial charge on any atom is 0.412 e. The predicted octanol–water partition coefficient (Wildman–Crippen LogP) is 5.28. The van der Waals surface area contributed by atoms with Gasteiger partial charge in [0, 0.05) is 24.1 Å². The second kappa shape index (κ2) is 9.57. The van der Waals surface area contributed by atoms with Gasteiger partial charge in [-0.25, -0.2) is 4.98 Å². The SMILES string of the molecule is C/C=C(\C=C(/C)C(F)(F)F)Cc1nc(CN(C)C)c(-c2ccc(C(N)=O)c(C)c2)s1. The van der Waals surface area contributed by atoms with E-state index in [-0.39, 0.29) is 0 Å². The van der Waals surface area contributed by atoms with Crippen LogP contribution in [-0.2, 0) is 13.0 Å². The molecule has 0 radical (unpaired) electrons. The molecule has 4 nitrogen and oxygen atoms in total. The topological polar surface area (TPSA) is 59.2 Å². The minimum atomic E-state index is -4.35. The summed E-state index contributed by atoms with van der Waals surface area (Å²) in [6.45, 7) is 5.19. The lowest BCUT2D eigenvalue weighted by atomic mass is 10.0. The molecule has 0 saturated carbocycles. The molecule has 0 fully saturated rings. The molecule has 1 aromatic carbocycles. The first kappa shape index (κ1) is 23.8. The molecule has 0 aliphatic carbocycles. The van der Waals surface area contributed by atoms with E-state index >= 15 is 0 Å². The van der Waals surface area contributed by atoms with Crippen LogP contribution in [0.1, 0.15) is 40.5 Å². The molecule has 0 atom stereocenters. The number of hydrogen-bond donors (Lipinski definition) is 1. The number of carbonyl (C=O) groups excluding carboxylic acids is 1. The van der Waals surface area contributed by atoms with Gasteiger partial charge in [0.1, 0.15) is 0 Å². The number of amides is 1. The Balaban J connectivity index is 2.44. The van der Waals surface area contributed by atoms with Gasteiger partial charge in [-0.2, -0.15) is 13.2 Å². The minimum absolute atomic E-state index is 0.313. The Morgan fingerprint density at radius 1 is 1.30 bits per heavy atom. The molecule has 2 aromatic rings. The number of hydrogen-bond acceptors (Lipinski definition) is 4. The Kier molecular flexibility index (Phi) is 7.60. The highest BCUT2D eigenvalue weighted by Gasteiger charge is 2.30. The van der Waals surface area contributed by atoms with Crippen molar-refractivity contribution in [2.75, 3.05) is 14.1 Å². The molecule has 0 unspecified atom stereocenters. The molecule has 2 rings (SSSR count). The Labute approximate surface area is 178 Å². The van der Waals surface area contributed by atoms with E-state index < -0.39 is 17.7 Å². The molecule has 1 amide bonds. The van der Waals surface area contributed by atoms with Crippen LogP contribution in [0.5, 0.6) is 0 Å². The largest absolute Gasteiger partial charge is 0.412 e. The molecule has 1 heterocycles. The third-order valence-electron chi connectivity index (χ3n) is 4.54. The zero-order chi connectivity index (χ0) is 22.6. The van der Waals surface area contributed by atoms with E-state index in [2.05, 4.69) is 0 Å². The highest BCUT2D eigenvalue weighted by atomic mass is 32.1. The average Bonchev–Trinajstić information content (AvgIpc) is 3.01. The van der Waals surface area contributed by atoms with Gasteiger partial charge >= 0.3 is 6.18 Å². The Morgan fingerprint density at radius 3 is 2.47 bits per heavy atom. The lowest BCUT2D eigenvalue weighted by Gasteiger charge is -2.10. The van der Waals surface area contributed by atoms with Gasteiger partial charge < -0.3 is 10.6 Å². The third kappa shape index (κ3) is 6.03. The number of alkyl halides is 3. The van der Waals surface area contributed by atoms with E-state index in [0.29, 0.717) is 24.1 Å². The first-order valence-electron chi connectivity index (χ1n) is 9.37. The first-order chi connectivity index (χ1) is 13.9. The summed E-state index contributed by atoms with van der Waals surface area (Å²) in [7, 11) is 3.86. The lowest BCUT2D eigenvalue weighted by molar-refractivity contribution is -0.0913. The van der Waals surface area contributed by atoms with Crippen molar-refractivity contribution in [3.8, 4) is 10.4 Å². The van der Waals surface area contributed by atoms with Crippen LogP contribution >= 0.6 is 11.3 Å².